The molecule has 1 N–H and O–H groups in total. The number of carbonyl (C=O) groups excluding carboxylic acids is 1. The van der Waals surface area contributed by atoms with E-state index in [2.05, 4.69) is 15.5 Å². The summed E-state index contributed by atoms with van der Waals surface area (Å²) in [5.41, 5.74) is 2.24. The number of amides is 1. The lowest BCUT2D eigenvalue weighted by Gasteiger charge is -2.11. The van der Waals surface area contributed by atoms with Crippen LogP contribution in [0.4, 0.5) is 5.69 Å². The molecule has 1 aliphatic heterocycles. The summed E-state index contributed by atoms with van der Waals surface area (Å²) in [6.45, 7) is 4.48. The zero-order valence-electron chi connectivity index (χ0n) is 12.9. The lowest BCUT2D eigenvalue weighted by Crippen LogP contribution is -2.30. The van der Waals surface area contributed by atoms with Crippen LogP contribution in [0.5, 0.6) is 0 Å². The second-order valence-corrected chi connectivity index (χ2v) is 5.91. The van der Waals surface area contributed by atoms with Gasteiger partial charge in [0.15, 0.2) is 5.11 Å². The lowest BCUT2D eigenvalue weighted by atomic mass is 10.3. The summed E-state index contributed by atoms with van der Waals surface area (Å²) < 4.78 is 3.34. The highest BCUT2D eigenvalue weighted by Crippen LogP contribution is 2.25. The molecule has 0 atom stereocenters. The Kier molecular flexibility index (Phi) is 3.95. The molecule has 0 aromatic carbocycles. The van der Waals surface area contributed by atoms with Gasteiger partial charge in [-0.05, 0) is 32.1 Å². The minimum Gasteiger partial charge on any atom is -0.327 e. The Balaban J connectivity index is 1.96. The minimum atomic E-state index is -0.256. The van der Waals surface area contributed by atoms with E-state index in [0.29, 0.717) is 33.8 Å². The number of carbonyl (C=O) groups is 1. The van der Waals surface area contributed by atoms with Crippen LogP contribution in [0.3, 0.4) is 0 Å². The molecule has 7 nitrogen and oxygen atoms in total. The molecule has 120 valence electrons. The summed E-state index contributed by atoms with van der Waals surface area (Å²) in [6, 6.07) is 0. The zero-order valence-corrected chi connectivity index (χ0v) is 14.4. The quantitative estimate of drug-likeness (QED) is 0.676. The molecule has 0 spiro atoms. The molecule has 1 amide bonds. The van der Waals surface area contributed by atoms with Crippen LogP contribution in [0.25, 0.3) is 6.08 Å². The SMILES string of the molecule is CCn1cc(Cl)c(/C=C2/NC(=S)N(c3cn(C)nc3C)C2=O)n1. The van der Waals surface area contributed by atoms with Crippen molar-refractivity contribution in [2.45, 2.75) is 20.4 Å². The van der Waals surface area contributed by atoms with Crippen molar-refractivity contribution in [1.82, 2.24) is 24.9 Å². The van der Waals surface area contributed by atoms with Gasteiger partial charge in [0, 0.05) is 26.0 Å². The predicted octanol–water partition coefficient (Wildman–Crippen LogP) is 1.86. The molecule has 3 heterocycles. The second kappa shape index (κ2) is 5.78. The Bertz CT molecular complexity index is 836. The Labute approximate surface area is 143 Å². The van der Waals surface area contributed by atoms with Gasteiger partial charge in [-0.15, -0.1) is 0 Å². The van der Waals surface area contributed by atoms with E-state index in [9.17, 15) is 4.79 Å². The number of rotatable bonds is 3. The zero-order chi connectivity index (χ0) is 16.7. The van der Waals surface area contributed by atoms with Gasteiger partial charge in [0.25, 0.3) is 5.91 Å². The molecule has 0 bridgehead atoms. The van der Waals surface area contributed by atoms with E-state index in [1.165, 1.54) is 4.90 Å². The van der Waals surface area contributed by atoms with E-state index >= 15 is 0 Å². The minimum absolute atomic E-state index is 0.256. The first-order chi connectivity index (χ1) is 10.9. The normalized spacial score (nSPS) is 16.5. The number of anilines is 1. The Hall–Kier alpha value is -2.19. The number of nitrogens with zero attached hydrogens (tertiary/aromatic N) is 5. The Morgan fingerprint density at radius 1 is 1.39 bits per heavy atom. The van der Waals surface area contributed by atoms with Crippen molar-refractivity contribution in [3.05, 3.63) is 34.5 Å². The summed E-state index contributed by atoms with van der Waals surface area (Å²) in [4.78, 5) is 14.1. The Morgan fingerprint density at radius 2 is 2.13 bits per heavy atom. The van der Waals surface area contributed by atoms with Crippen molar-refractivity contribution in [2.75, 3.05) is 4.90 Å². The molecule has 9 heteroatoms. The van der Waals surface area contributed by atoms with E-state index in [1.54, 1.807) is 34.9 Å². The van der Waals surface area contributed by atoms with Crippen LogP contribution in [0.1, 0.15) is 18.3 Å². The first-order valence-electron chi connectivity index (χ1n) is 7.01. The standard InChI is InChI=1S/C14H15ClN6OS/c1-4-20-6-9(15)10(18-20)5-11-13(22)21(14(23)16-11)12-7-19(3)17-8(12)2/h5-7H,4H2,1-3H3,(H,16,23)/b11-5+. The smallest absolute Gasteiger partial charge is 0.281 e. The molecule has 1 aliphatic rings. The number of nitrogens with one attached hydrogen (secondary N) is 1. The van der Waals surface area contributed by atoms with Crippen molar-refractivity contribution >= 4 is 46.6 Å². The fraction of sp³-hybridized carbons (Fsp3) is 0.286. The van der Waals surface area contributed by atoms with Gasteiger partial charge in [-0.3, -0.25) is 14.2 Å². The molecule has 0 aliphatic carbocycles. The number of hydrogen-bond acceptors (Lipinski definition) is 4. The van der Waals surface area contributed by atoms with Gasteiger partial charge in [-0.25, -0.2) is 4.90 Å². The van der Waals surface area contributed by atoms with Gasteiger partial charge in [0.1, 0.15) is 11.4 Å². The molecule has 2 aromatic rings. The highest BCUT2D eigenvalue weighted by atomic mass is 35.5. The van der Waals surface area contributed by atoms with Crippen molar-refractivity contribution in [3.8, 4) is 0 Å². The maximum atomic E-state index is 12.7. The molecule has 23 heavy (non-hydrogen) atoms. The number of aromatic nitrogens is 4. The topological polar surface area (TPSA) is 68.0 Å². The predicted molar refractivity (Wildman–Crippen MR) is 92.1 cm³/mol. The third-order valence-electron chi connectivity index (χ3n) is 3.45. The summed E-state index contributed by atoms with van der Waals surface area (Å²) in [6.07, 6.45) is 5.08. The monoisotopic (exact) mass is 350 g/mol. The number of hydrogen-bond donors (Lipinski definition) is 1. The number of halogens is 1. The lowest BCUT2D eigenvalue weighted by molar-refractivity contribution is -0.113. The summed E-state index contributed by atoms with van der Waals surface area (Å²) in [7, 11) is 1.79. The number of thiocarbonyl (C=S) groups is 1. The molecule has 0 unspecified atom stereocenters. The number of aryl methyl sites for hydroxylation is 3. The highest BCUT2D eigenvalue weighted by Gasteiger charge is 2.34. The van der Waals surface area contributed by atoms with Gasteiger partial charge < -0.3 is 5.32 Å². The summed E-state index contributed by atoms with van der Waals surface area (Å²) in [5, 5.41) is 12.3. The molecule has 3 rings (SSSR count). The van der Waals surface area contributed by atoms with Crippen LogP contribution in [-0.2, 0) is 18.4 Å². The fourth-order valence-electron chi connectivity index (χ4n) is 2.37. The van der Waals surface area contributed by atoms with Crippen LogP contribution in [-0.4, -0.2) is 30.6 Å². The molecule has 1 saturated heterocycles. The maximum Gasteiger partial charge on any atom is 0.281 e. The average Bonchev–Trinajstić information content (AvgIpc) is 3.09. The van der Waals surface area contributed by atoms with Gasteiger partial charge in [-0.2, -0.15) is 10.2 Å². The highest BCUT2D eigenvalue weighted by molar-refractivity contribution is 7.80. The molecule has 0 radical (unpaired) electrons. The largest absolute Gasteiger partial charge is 0.327 e. The molecular formula is C14H15ClN6OS. The van der Waals surface area contributed by atoms with Crippen molar-refractivity contribution in [3.63, 3.8) is 0 Å². The van der Waals surface area contributed by atoms with E-state index in [-0.39, 0.29) is 5.91 Å². The third kappa shape index (κ3) is 2.75. The molecule has 1 fully saturated rings. The van der Waals surface area contributed by atoms with Crippen molar-refractivity contribution in [2.24, 2.45) is 7.05 Å². The first kappa shape index (κ1) is 15.7. The average molecular weight is 351 g/mol. The second-order valence-electron chi connectivity index (χ2n) is 5.12. The maximum absolute atomic E-state index is 12.7. The van der Waals surface area contributed by atoms with E-state index in [0.717, 1.165) is 5.69 Å². The van der Waals surface area contributed by atoms with Crippen LogP contribution >= 0.6 is 23.8 Å². The van der Waals surface area contributed by atoms with Crippen molar-refractivity contribution in [1.29, 1.82) is 0 Å². The van der Waals surface area contributed by atoms with Crippen molar-refractivity contribution < 1.29 is 4.79 Å². The van der Waals surface area contributed by atoms with Gasteiger partial charge in [0.05, 0.1) is 16.4 Å². The Morgan fingerprint density at radius 3 is 2.70 bits per heavy atom. The van der Waals surface area contributed by atoms with Crippen LogP contribution in [0.2, 0.25) is 5.02 Å². The molecule has 2 aromatic heterocycles. The summed E-state index contributed by atoms with van der Waals surface area (Å²) >= 11 is 11.4. The van der Waals surface area contributed by atoms with Gasteiger partial charge in [-0.1, -0.05) is 11.6 Å². The van der Waals surface area contributed by atoms with Crippen LogP contribution < -0.4 is 10.2 Å². The summed E-state index contributed by atoms with van der Waals surface area (Å²) in [5.74, 6) is -0.256. The van der Waals surface area contributed by atoms with Crippen LogP contribution in [0, 0.1) is 6.92 Å². The molecular weight excluding hydrogens is 336 g/mol. The van der Waals surface area contributed by atoms with E-state index < -0.39 is 0 Å². The third-order valence-corrected chi connectivity index (χ3v) is 4.03. The van der Waals surface area contributed by atoms with E-state index in [1.807, 2.05) is 13.8 Å². The van der Waals surface area contributed by atoms with E-state index in [4.69, 9.17) is 23.8 Å². The molecule has 0 saturated carbocycles. The first-order valence-corrected chi connectivity index (χ1v) is 7.79. The fourth-order valence-corrected chi connectivity index (χ4v) is 2.87. The van der Waals surface area contributed by atoms with Crippen LogP contribution in [0.15, 0.2) is 18.1 Å². The van der Waals surface area contributed by atoms with Gasteiger partial charge >= 0.3 is 0 Å². The van der Waals surface area contributed by atoms with Gasteiger partial charge in [0.2, 0.25) is 0 Å².